The van der Waals surface area contributed by atoms with Gasteiger partial charge in [-0.1, -0.05) is 0 Å². The molecule has 3 rings (SSSR count). The Hall–Kier alpha value is -1.40. The van der Waals surface area contributed by atoms with Crippen LogP contribution < -0.4 is 9.80 Å². The Balaban J connectivity index is 1.65. The van der Waals surface area contributed by atoms with Gasteiger partial charge >= 0.3 is 0 Å². The highest BCUT2D eigenvalue weighted by molar-refractivity contribution is 5.43. The van der Waals surface area contributed by atoms with Gasteiger partial charge < -0.3 is 19.8 Å². The van der Waals surface area contributed by atoms with Gasteiger partial charge in [0.25, 0.3) is 0 Å². The van der Waals surface area contributed by atoms with Gasteiger partial charge in [-0.05, 0) is 45.3 Å². The first kappa shape index (κ1) is 15.5. The zero-order chi connectivity index (χ0) is 15.5. The van der Waals surface area contributed by atoms with Gasteiger partial charge in [0.2, 0.25) is 5.95 Å². The number of likely N-dealkylation sites (N-methyl/N-ethyl adjacent to an activating group) is 2. The van der Waals surface area contributed by atoms with Gasteiger partial charge in [-0.15, -0.1) is 0 Å². The van der Waals surface area contributed by atoms with Crippen molar-refractivity contribution in [1.29, 1.82) is 0 Å². The predicted molar refractivity (Wildman–Crippen MR) is 88.4 cm³/mol. The highest BCUT2D eigenvalue weighted by Crippen LogP contribution is 2.21. The summed E-state index contributed by atoms with van der Waals surface area (Å²) in [6, 6.07) is 2.57. The maximum atomic E-state index is 9.63. The average Bonchev–Trinajstić information content (AvgIpc) is 2.93. The fourth-order valence-corrected chi connectivity index (χ4v) is 3.40. The lowest BCUT2D eigenvalue weighted by Gasteiger charge is -2.31. The first-order valence-electron chi connectivity index (χ1n) is 8.31. The summed E-state index contributed by atoms with van der Waals surface area (Å²) in [5.41, 5.74) is 0. The van der Waals surface area contributed by atoms with Crippen LogP contribution in [-0.4, -0.2) is 72.4 Å². The zero-order valence-electron chi connectivity index (χ0n) is 13.6. The number of hydrogen-bond acceptors (Lipinski definition) is 6. The molecule has 0 bridgehead atoms. The number of aromatic nitrogens is 2. The Kier molecular flexibility index (Phi) is 4.78. The van der Waals surface area contributed by atoms with E-state index in [-0.39, 0.29) is 6.10 Å². The molecule has 6 nitrogen and oxygen atoms in total. The van der Waals surface area contributed by atoms with E-state index in [1.165, 1.54) is 19.4 Å². The summed E-state index contributed by atoms with van der Waals surface area (Å²) in [6.07, 6.45) is 5.87. The first-order valence-corrected chi connectivity index (χ1v) is 8.31. The second-order valence-corrected chi connectivity index (χ2v) is 6.59. The number of aliphatic hydroxyl groups is 1. The summed E-state index contributed by atoms with van der Waals surface area (Å²) in [5.74, 6) is 1.77. The number of piperidine rings is 1. The van der Waals surface area contributed by atoms with Crippen LogP contribution in [0.15, 0.2) is 12.3 Å². The molecular weight excluding hydrogens is 278 g/mol. The summed E-state index contributed by atoms with van der Waals surface area (Å²) in [6.45, 7) is 3.90. The second kappa shape index (κ2) is 6.79. The standard InChI is InChI=1S/C16H27N5O/c1-19-9-3-4-13(19)12-20(2)16-17-8-5-15(18-16)21-10-6-14(22)7-11-21/h5,8,13-14,22H,3-4,6-7,9-12H2,1-2H3. The topological polar surface area (TPSA) is 55.7 Å². The molecule has 0 aliphatic carbocycles. The highest BCUT2D eigenvalue weighted by Gasteiger charge is 2.23. The Morgan fingerprint density at radius 1 is 1.27 bits per heavy atom. The van der Waals surface area contributed by atoms with Crippen molar-refractivity contribution in [3.63, 3.8) is 0 Å². The Bertz CT molecular complexity index is 489. The number of hydrogen-bond donors (Lipinski definition) is 1. The van der Waals surface area contributed by atoms with Crippen molar-refractivity contribution in [3.05, 3.63) is 12.3 Å². The molecular formula is C16H27N5O. The Labute approximate surface area is 132 Å². The minimum Gasteiger partial charge on any atom is -0.393 e. The molecule has 0 amide bonds. The molecule has 2 aliphatic rings. The molecule has 1 aromatic heterocycles. The summed E-state index contributed by atoms with van der Waals surface area (Å²) in [7, 11) is 4.27. The third-order valence-electron chi connectivity index (χ3n) is 4.91. The third-order valence-corrected chi connectivity index (χ3v) is 4.91. The van der Waals surface area contributed by atoms with Crippen LogP contribution in [0.5, 0.6) is 0 Å². The van der Waals surface area contributed by atoms with Crippen LogP contribution in [0.1, 0.15) is 25.7 Å². The van der Waals surface area contributed by atoms with Gasteiger partial charge in [0, 0.05) is 38.9 Å². The third kappa shape index (κ3) is 3.50. The quantitative estimate of drug-likeness (QED) is 0.894. The monoisotopic (exact) mass is 305 g/mol. The van der Waals surface area contributed by atoms with Gasteiger partial charge in [0.15, 0.2) is 0 Å². The summed E-state index contributed by atoms with van der Waals surface area (Å²) in [4.78, 5) is 16.0. The van der Waals surface area contributed by atoms with E-state index >= 15 is 0 Å². The van der Waals surface area contributed by atoms with Crippen molar-refractivity contribution in [2.75, 3.05) is 50.1 Å². The molecule has 0 spiro atoms. The van der Waals surface area contributed by atoms with E-state index in [1.807, 2.05) is 12.3 Å². The van der Waals surface area contributed by atoms with E-state index in [0.717, 1.165) is 44.2 Å². The fraction of sp³-hybridized carbons (Fsp3) is 0.750. The summed E-state index contributed by atoms with van der Waals surface area (Å²) in [5, 5.41) is 9.63. The van der Waals surface area contributed by atoms with E-state index in [2.05, 4.69) is 33.8 Å². The maximum Gasteiger partial charge on any atom is 0.227 e. The minimum absolute atomic E-state index is 0.155. The van der Waals surface area contributed by atoms with Crippen LogP contribution in [0.3, 0.4) is 0 Å². The van der Waals surface area contributed by atoms with Crippen LogP contribution in [0.2, 0.25) is 0 Å². The molecule has 1 unspecified atom stereocenters. The second-order valence-electron chi connectivity index (χ2n) is 6.59. The molecule has 0 radical (unpaired) electrons. The SMILES string of the molecule is CN(CC1CCCN1C)c1nccc(N2CCC(O)CC2)n1. The van der Waals surface area contributed by atoms with E-state index in [0.29, 0.717) is 6.04 Å². The van der Waals surface area contributed by atoms with Crippen LogP contribution in [0.4, 0.5) is 11.8 Å². The molecule has 3 heterocycles. The van der Waals surface area contributed by atoms with E-state index in [4.69, 9.17) is 4.98 Å². The molecule has 1 atom stereocenters. The van der Waals surface area contributed by atoms with Gasteiger partial charge in [0.1, 0.15) is 5.82 Å². The van der Waals surface area contributed by atoms with Crippen molar-refractivity contribution < 1.29 is 5.11 Å². The minimum atomic E-state index is -0.155. The average molecular weight is 305 g/mol. The first-order chi connectivity index (χ1) is 10.6. The Morgan fingerprint density at radius 3 is 2.73 bits per heavy atom. The van der Waals surface area contributed by atoms with Gasteiger partial charge in [-0.3, -0.25) is 0 Å². The van der Waals surface area contributed by atoms with Gasteiger partial charge in [0.05, 0.1) is 6.10 Å². The van der Waals surface area contributed by atoms with Crippen molar-refractivity contribution in [1.82, 2.24) is 14.9 Å². The molecule has 2 saturated heterocycles. The van der Waals surface area contributed by atoms with Gasteiger partial charge in [-0.2, -0.15) is 4.98 Å². The molecule has 1 N–H and O–H groups in total. The smallest absolute Gasteiger partial charge is 0.227 e. The number of anilines is 2. The van der Waals surface area contributed by atoms with Crippen molar-refractivity contribution >= 4 is 11.8 Å². The van der Waals surface area contributed by atoms with Crippen molar-refractivity contribution in [3.8, 4) is 0 Å². The van der Waals surface area contributed by atoms with Gasteiger partial charge in [-0.25, -0.2) is 4.98 Å². The number of aliphatic hydroxyl groups excluding tert-OH is 1. The molecule has 22 heavy (non-hydrogen) atoms. The van der Waals surface area contributed by atoms with Crippen LogP contribution in [-0.2, 0) is 0 Å². The molecule has 2 aliphatic heterocycles. The van der Waals surface area contributed by atoms with Crippen LogP contribution in [0, 0.1) is 0 Å². The number of likely N-dealkylation sites (tertiary alicyclic amines) is 1. The van der Waals surface area contributed by atoms with Crippen molar-refractivity contribution in [2.45, 2.75) is 37.8 Å². The summed E-state index contributed by atoms with van der Waals surface area (Å²) < 4.78 is 0. The Morgan fingerprint density at radius 2 is 2.05 bits per heavy atom. The molecule has 2 fully saturated rings. The molecule has 0 saturated carbocycles. The number of nitrogens with zero attached hydrogens (tertiary/aromatic N) is 5. The zero-order valence-corrected chi connectivity index (χ0v) is 13.6. The maximum absolute atomic E-state index is 9.63. The largest absolute Gasteiger partial charge is 0.393 e. The number of rotatable bonds is 4. The van der Waals surface area contributed by atoms with Crippen LogP contribution >= 0.6 is 0 Å². The lowest BCUT2D eigenvalue weighted by Crippen LogP contribution is -2.38. The molecule has 6 heteroatoms. The molecule has 0 aromatic carbocycles. The fourth-order valence-electron chi connectivity index (χ4n) is 3.40. The lowest BCUT2D eigenvalue weighted by atomic mass is 10.1. The normalized spacial score (nSPS) is 24.0. The highest BCUT2D eigenvalue weighted by atomic mass is 16.3. The molecule has 1 aromatic rings. The summed E-state index contributed by atoms with van der Waals surface area (Å²) >= 11 is 0. The van der Waals surface area contributed by atoms with E-state index in [1.54, 1.807) is 0 Å². The van der Waals surface area contributed by atoms with E-state index < -0.39 is 0 Å². The van der Waals surface area contributed by atoms with E-state index in [9.17, 15) is 5.11 Å². The lowest BCUT2D eigenvalue weighted by molar-refractivity contribution is 0.145. The molecule has 122 valence electrons. The predicted octanol–water partition coefficient (Wildman–Crippen LogP) is 0.968. The van der Waals surface area contributed by atoms with Crippen molar-refractivity contribution in [2.24, 2.45) is 0 Å². The van der Waals surface area contributed by atoms with Crippen LogP contribution in [0.25, 0.3) is 0 Å².